The van der Waals surface area contributed by atoms with Gasteiger partial charge in [-0.25, -0.2) is 0 Å². The van der Waals surface area contributed by atoms with E-state index in [9.17, 15) is 32.3 Å². The first kappa shape index (κ1) is 29.9. The summed E-state index contributed by atoms with van der Waals surface area (Å²) in [5, 5.41) is 15.8. The Balaban J connectivity index is -0.000000362. The summed E-state index contributed by atoms with van der Waals surface area (Å²) in [6, 6.07) is 0. The maximum Gasteiger partial charge on any atom is 0.449 e. The van der Waals surface area contributed by atoms with Crippen molar-refractivity contribution in [3.8, 4) is 23.7 Å². The van der Waals surface area contributed by atoms with Crippen molar-refractivity contribution < 1.29 is 47.3 Å². The van der Waals surface area contributed by atoms with Crippen LogP contribution < -0.4 is 0 Å². The normalized spacial score (nSPS) is 8.82. The standard InChI is InChI=1S/C9H12O3.C5H5F3O3.C4H6O/c1-3-4-7-12-9(11)6-5-8(2)10;6-5(7,8)3(9)1-2-4(10)11;1-2-3-4-5/h5-7H2,1-2H3;1-2H2,(H,10,11);5H,4H2,1H3. The second-order valence-electron chi connectivity index (χ2n) is 4.69. The van der Waals surface area contributed by atoms with E-state index in [4.69, 9.17) is 10.2 Å². The predicted octanol–water partition coefficient (Wildman–Crippen LogP) is 1.91. The van der Waals surface area contributed by atoms with Crippen LogP contribution in [0.3, 0.4) is 0 Å². The molecule has 0 aliphatic heterocycles. The molecule has 10 heteroatoms. The molecule has 28 heavy (non-hydrogen) atoms. The van der Waals surface area contributed by atoms with Crippen molar-refractivity contribution in [2.24, 2.45) is 0 Å². The van der Waals surface area contributed by atoms with Crippen LogP contribution in [-0.4, -0.2) is 53.1 Å². The number of aliphatic hydroxyl groups is 1. The molecule has 0 unspecified atom stereocenters. The molecule has 0 aliphatic carbocycles. The molecule has 0 spiro atoms. The molecule has 2 N–H and O–H groups in total. The van der Waals surface area contributed by atoms with E-state index in [0.717, 1.165) is 0 Å². The lowest BCUT2D eigenvalue weighted by Gasteiger charge is -2.01. The number of rotatable bonds is 7. The molecule has 0 amide bonds. The highest BCUT2D eigenvalue weighted by atomic mass is 19.4. The number of carbonyl (C=O) groups is 4. The number of carboxylic acid groups (broad SMARTS) is 1. The van der Waals surface area contributed by atoms with Gasteiger partial charge in [-0.2, -0.15) is 13.2 Å². The van der Waals surface area contributed by atoms with Crippen molar-refractivity contribution in [2.75, 3.05) is 13.2 Å². The molecule has 0 atom stereocenters. The number of ketones is 2. The van der Waals surface area contributed by atoms with Gasteiger partial charge in [-0.15, -0.1) is 11.8 Å². The van der Waals surface area contributed by atoms with Gasteiger partial charge in [0.1, 0.15) is 12.4 Å². The summed E-state index contributed by atoms with van der Waals surface area (Å²) in [6.45, 7) is 4.91. The molecule has 7 nitrogen and oxygen atoms in total. The monoisotopic (exact) mass is 408 g/mol. The van der Waals surface area contributed by atoms with Crippen molar-refractivity contribution in [3.05, 3.63) is 0 Å². The third-order valence-corrected chi connectivity index (χ3v) is 2.30. The number of ether oxygens (including phenoxy) is 1. The smallest absolute Gasteiger partial charge is 0.449 e. The number of carbonyl (C=O) groups excluding carboxylic acids is 3. The van der Waals surface area contributed by atoms with Crippen LogP contribution in [0.2, 0.25) is 0 Å². The molecule has 0 fully saturated rings. The number of alkyl halides is 3. The number of carboxylic acids is 1. The van der Waals surface area contributed by atoms with E-state index in [1.165, 1.54) is 6.92 Å². The van der Waals surface area contributed by atoms with Crippen molar-refractivity contribution in [3.63, 3.8) is 0 Å². The fraction of sp³-hybridized carbons (Fsp3) is 0.556. The number of esters is 1. The van der Waals surface area contributed by atoms with Crippen LogP contribution in [0, 0.1) is 23.7 Å². The molecular weight excluding hydrogens is 385 g/mol. The predicted molar refractivity (Wildman–Crippen MR) is 92.8 cm³/mol. The van der Waals surface area contributed by atoms with Crippen LogP contribution in [0.15, 0.2) is 0 Å². The lowest BCUT2D eigenvalue weighted by Crippen LogP contribution is -2.23. The van der Waals surface area contributed by atoms with Gasteiger partial charge in [0.05, 0.1) is 12.8 Å². The Hall–Kier alpha value is -2.85. The first-order chi connectivity index (χ1) is 12.9. The van der Waals surface area contributed by atoms with Gasteiger partial charge in [-0.3, -0.25) is 14.4 Å². The molecule has 0 aromatic rings. The SMILES string of the molecule is CC#CCO.CC#CCOC(=O)CCC(C)=O.O=C(O)CCC(=O)C(F)(F)F. The third kappa shape index (κ3) is 28.0. The molecule has 0 aromatic heterocycles. The van der Waals surface area contributed by atoms with Gasteiger partial charge in [0.2, 0.25) is 5.78 Å². The first-order valence-corrected chi connectivity index (χ1v) is 7.79. The molecule has 0 heterocycles. The largest absolute Gasteiger partial charge is 0.481 e. The number of aliphatic carboxylic acids is 1. The summed E-state index contributed by atoms with van der Waals surface area (Å²) in [4.78, 5) is 40.9. The fourth-order valence-electron chi connectivity index (χ4n) is 0.980. The Labute approximate surface area is 161 Å². The van der Waals surface area contributed by atoms with E-state index in [0.29, 0.717) is 0 Å². The second-order valence-corrected chi connectivity index (χ2v) is 4.69. The highest BCUT2D eigenvalue weighted by molar-refractivity contribution is 5.86. The van der Waals surface area contributed by atoms with Gasteiger partial charge in [-0.1, -0.05) is 11.8 Å². The van der Waals surface area contributed by atoms with Crippen molar-refractivity contribution in [2.45, 2.75) is 52.6 Å². The average Bonchev–Trinajstić information content (AvgIpc) is 2.59. The fourth-order valence-corrected chi connectivity index (χ4v) is 0.980. The minimum atomic E-state index is -4.91. The Morgan fingerprint density at radius 2 is 1.46 bits per heavy atom. The van der Waals surface area contributed by atoms with Crippen molar-refractivity contribution in [1.82, 2.24) is 0 Å². The number of aliphatic hydroxyl groups excluding tert-OH is 1. The molecule has 0 saturated heterocycles. The lowest BCUT2D eigenvalue weighted by atomic mass is 10.2. The third-order valence-electron chi connectivity index (χ3n) is 2.30. The van der Waals surface area contributed by atoms with E-state index < -0.39 is 30.8 Å². The highest BCUT2D eigenvalue weighted by Gasteiger charge is 2.37. The summed E-state index contributed by atoms with van der Waals surface area (Å²) in [7, 11) is 0. The zero-order valence-corrected chi connectivity index (χ0v) is 15.8. The van der Waals surface area contributed by atoms with E-state index in [1.807, 2.05) is 0 Å². The van der Waals surface area contributed by atoms with Gasteiger partial charge >= 0.3 is 18.1 Å². The van der Waals surface area contributed by atoms with Gasteiger partial charge in [-0.05, 0) is 20.8 Å². The molecule has 0 rings (SSSR count). The van der Waals surface area contributed by atoms with E-state index in [-0.39, 0.29) is 37.8 Å². The Morgan fingerprint density at radius 3 is 1.79 bits per heavy atom. The van der Waals surface area contributed by atoms with Crippen LogP contribution >= 0.6 is 0 Å². The number of hydrogen-bond acceptors (Lipinski definition) is 6. The van der Waals surface area contributed by atoms with Crippen molar-refractivity contribution in [1.29, 1.82) is 0 Å². The van der Waals surface area contributed by atoms with Crippen LogP contribution in [0.1, 0.15) is 46.5 Å². The van der Waals surface area contributed by atoms with Gasteiger partial charge < -0.3 is 19.7 Å². The molecule has 0 bridgehead atoms. The summed E-state index contributed by atoms with van der Waals surface area (Å²) in [5.41, 5.74) is 0. The molecule has 0 saturated carbocycles. The van der Waals surface area contributed by atoms with Crippen LogP contribution in [0.5, 0.6) is 0 Å². The molecule has 0 aliphatic rings. The number of hydrogen-bond donors (Lipinski definition) is 2. The van der Waals surface area contributed by atoms with Gasteiger partial charge in [0.25, 0.3) is 0 Å². The Kier molecular flexibility index (Phi) is 20.2. The summed E-state index contributed by atoms with van der Waals surface area (Å²) in [5.74, 6) is 6.33. The first-order valence-electron chi connectivity index (χ1n) is 7.79. The van der Waals surface area contributed by atoms with Crippen LogP contribution in [-0.2, 0) is 23.9 Å². The maximum atomic E-state index is 11.4. The second kappa shape index (κ2) is 18.9. The molecule has 0 aromatic carbocycles. The van der Waals surface area contributed by atoms with E-state index in [1.54, 1.807) is 13.8 Å². The Morgan fingerprint density at radius 1 is 0.929 bits per heavy atom. The minimum Gasteiger partial charge on any atom is -0.481 e. The van der Waals surface area contributed by atoms with Crippen LogP contribution in [0.4, 0.5) is 13.2 Å². The number of halogens is 3. The average molecular weight is 408 g/mol. The zero-order valence-electron chi connectivity index (χ0n) is 15.8. The minimum absolute atomic E-state index is 0.00599. The number of Topliss-reactive ketones (excluding diaryl/α,β-unsaturated/α-hetero) is 2. The highest BCUT2D eigenvalue weighted by Crippen LogP contribution is 2.18. The molecule has 0 radical (unpaired) electrons. The van der Waals surface area contributed by atoms with Crippen LogP contribution in [0.25, 0.3) is 0 Å². The van der Waals surface area contributed by atoms with Crippen molar-refractivity contribution >= 4 is 23.5 Å². The Bertz CT molecular complexity index is 617. The van der Waals surface area contributed by atoms with Gasteiger partial charge in [0.15, 0.2) is 6.61 Å². The molecule has 158 valence electrons. The zero-order chi connectivity index (χ0) is 22.6. The van der Waals surface area contributed by atoms with Gasteiger partial charge in [0, 0.05) is 12.8 Å². The quantitative estimate of drug-likeness (QED) is 0.488. The topological polar surface area (TPSA) is 118 Å². The lowest BCUT2D eigenvalue weighted by molar-refractivity contribution is -0.171. The summed E-state index contributed by atoms with van der Waals surface area (Å²) < 4.78 is 38.7. The maximum absolute atomic E-state index is 11.4. The molecular formula is C18H23F3O7. The summed E-state index contributed by atoms with van der Waals surface area (Å²) in [6.07, 6.45) is -6.27. The van der Waals surface area contributed by atoms with E-state index in [2.05, 4.69) is 28.4 Å². The van der Waals surface area contributed by atoms with E-state index >= 15 is 0 Å². The summed E-state index contributed by atoms with van der Waals surface area (Å²) >= 11 is 0.